The van der Waals surface area contributed by atoms with E-state index in [-0.39, 0.29) is 5.92 Å². The minimum Gasteiger partial charge on any atom is -0.309 e. The van der Waals surface area contributed by atoms with Crippen molar-refractivity contribution in [2.45, 2.75) is 12.3 Å². The van der Waals surface area contributed by atoms with Gasteiger partial charge in [0.2, 0.25) is 0 Å². The summed E-state index contributed by atoms with van der Waals surface area (Å²) in [5.41, 5.74) is 20.9. The van der Waals surface area contributed by atoms with Crippen LogP contribution in [0.3, 0.4) is 0 Å². The molecule has 1 nitrogen and oxygen atoms in total. The van der Waals surface area contributed by atoms with Gasteiger partial charge in [0.25, 0.3) is 0 Å². The Morgan fingerprint density at radius 3 is 2.04 bits per heavy atom. The van der Waals surface area contributed by atoms with E-state index in [2.05, 4.69) is 199 Å². The van der Waals surface area contributed by atoms with Crippen LogP contribution in [0.25, 0.3) is 82.8 Å². The number of fused-ring (bicyclic) bond motifs is 11. The van der Waals surface area contributed by atoms with Gasteiger partial charge < -0.3 is 4.57 Å². The number of hydrogen-bond donors (Lipinski definition) is 0. The van der Waals surface area contributed by atoms with Gasteiger partial charge in [-0.25, -0.2) is 0 Å². The molecule has 256 valence electrons. The van der Waals surface area contributed by atoms with E-state index < -0.39 is 0 Å². The van der Waals surface area contributed by atoms with Crippen molar-refractivity contribution in [3.63, 3.8) is 0 Å². The molecule has 1 heterocycles. The van der Waals surface area contributed by atoms with Crippen LogP contribution in [0.2, 0.25) is 0 Å². The van der Waals surface area contributed by atoms with Crippen molar-refractivity contribution < 1.29 is 0 Å². The van der Waals surface area contributed by atoms with Crippen molar-refractivity contribution in [2.75, 3.05) is 0 Å². The van der Waals surface area contributed by atoms with E-state index in [9.17, 15) is 0 Å². The maximum Gasteiger partial charge on any atom is 0.0547 e. The van der Waals surface area contributed by atoms with Crippen LogP contribution in [0.1, 0.15) is 33.7 Å². The van der Waals surface area contributed by atoms with Crippen LogP contribution in [0, 0.1) is 0 Å². The average molecular weight is 698 g/mol. The van der Waals surface area contributed by atoms with Gasteiger partial charge in [-0.3, -0.25) is 0 Å². The van der Waals surface area contributed by atoms with Crippen LogP contribution in [0.4, 0.5) is 0 Å². The molecule has 0 spiro atoms. The molecule has 1 atom stereocenters. The quantitative estimate of drug-likeness (QED) is 0.173. The summed E-state index contributed by atoms with van der Waals surface area (Å²) in [5, 5.41) is 5.20. The lowest BCUT2D eigenvalue weighted by atomic mass is 9.87. The van der Waals surface area contributed by atoms with E-state index in [1.54, 1.807) is 0 Å². The zero-order chi connectivity index (χ0) is 36.0. The number of rotatable bonds is 4. The summed E-state index contributed by atoms with van der Waals surface area (Å²) in [4.78, 5) is 0. The Hall–Kier alpha value is -6.96. The highest BCUT2D eigenvalue weighted by molar-refractivity contribution is 6.18. The molecule has 55 heavy (non-hydrogen) atoms. The molecule has 12 rings (SSSR count). The zero-order valence-corrected chi connectivity index (χ0v) is 30.2. The van der Waals surface area contributed by atoms with Crippen LogP contribution in [0.15, 0.2) is 194 Å². The zero-order valence-electron chi connectivity index (χ0n) is 30.2. The Morgan fingerprint density at radius 1 is 0.400 bits per heavy atom. The number of aromatic nitrogens is 1. The largest absolute Gasteiger partial charge is 0.309 e. The molecule has 0 saturated carbocycles. The van der Waals surface area contributed by atoms with Crippen molar-refractivity contribution in [3.8, 4) is 50.2 Å². The smallest absolute Gasteiger partial charge is 0.0547 e. The third kappa shape index (κ3) is 4.60. The first kappa shape index (κ1) is 30.5. The van der Waals surface area contributed by atoms with Crippen molar-refractivity contribution in [3.05, 3.63) is 222 Å². The van der Waals surface area contributed by atoms with E-state index in [0.717, 1.165) is 6.42 Å². The first-order valence-electron chi connectivity index (χ1n) is 19.3. The summed E-state index contributed by atoms with van der Waals surface area (Å²) >= 11 is 0. The fourth-order valence-corrected chi connectivity index (χ4v) is 9.78. The molecule has 2 aliphatic rings. The van der Waals surface area contributed by atoms with Crippen LogP contribution in [-0.4, -0.2) is 4.57 Å². The van der Waals surface area contributed by atoms with Crippen molar-refractivity contribution in [1.82, 2.24) is 4.57 Å². The van der Waals surface area contributed by atoms with Crippen LogP contribution in [0.5, 0.6) is 0 Å². The molecule has 10 aromatic rings. The maximum absolute atomic E-state index is 2.48. The third-order valence-electron chi connectivity index (χ3n) is 12.3. The van der Waals surface area contributed by atoms with Crippen LogP contribution < -0.4 is 0 Å². The summed E-state index contributed by atoms with van der Waals surface area (Å²) in [6, 6.07) is 72.4. The van der Waals surface area contributed by atoms with Gasteiger partial charge in [-0.2, -0.15) is 0 Å². The molecule has 9 aromatic carbocycles. The highest BCUT2D eigenvalue weighted by atomic mass is 15.0. The molecule has 1 unspecified atom stereocenters. The highest BCUT2D eigenvalue weighted by Crippen LogP contribution is 2.50. The minimum atomic E-state index is 0.208. The first-order valence-corrected chi connectivity index (χ1v) is 19.3. The molecule has 2 aliphatic carbocycles. The molecule has 0 aliphatic heterocycles. The van der Waals surface area contributed by atoms with Crippen molar-refractivity contribution in [1.29, 1.82) is 0 Å². The Kier molecular flexibility index (Phi) is 6.53. The van der Waals surface area contributed by atoms with Gasteiger partial charge in [0, 0.05) is 22.4 Å². The van der Waals surface area contributed by atoms with Gasteiger partial charge in [0.05, 0.1) is 11.0 Å². The summed E-state index contributed by atoms with van der Waals surface area (Å²) in [5.74, 6) is 0.208. The van der Waals surface area contributed by atoms with Gasteiger partial charge in [-0.1, -0.05) is 158 Å². The molecule has 0 radical (unpaired) electrons. The molecule has 0 saturated heterocycles. The Morgan fingerprint density at radius 2 is 1.11 bits per heavy atom. The molecule has 0 amide bonds. The second kappa shape index (κ2) is 11.8. The summed E-state index contributed by atoms with van der Waals surface area (Å²) in [6.07, 6.45) is 0.972. The van der Waals surface area contributed by atoms with Crippen molar-refractivity contribution in [2.24, 2.45) is 0 Å². The number of nitrogens with zero attached hydrogens (tertiary/aromatic N) is 1. The number of benzene rings is 9. The third-order valence-corrected chi connectivity index (χ3v) is 12.3. The standard InChI is InChI=1S/C54H35N/c1-2-11-34(12-3-1)37-16-10-17-43(31-37)55-50-27-24-39(33-49(50)54-51(55)28-25-42-30-40-15-6-7-18-44(40)53(42)54)38-23-26-47-48(32-38)45-19-8-9-20-46(45)52(47)41-22-21-35-13-4-5-14-36(35)29-41/h1-29,31-33,52H,30H2. The first-order chi connectivity index (χ1) is 27.3. The molecular weight excluding hydrogens is 663 g/mol. The van der Waals surface area contributed by atoms with E-state index in [4.69, 9.17) is 0 Å². The highest BCUT2D eigenvalue weighted by Gasteiger charge is 2.30. The summed E-state index contributed by atoms with van der Waals surface area (Å²) in [6.45, 7) is 0. The van der Waals surface area contributed by atoms with Crippen LogP contribution >= 0.6 is 0 Å². The molecule has 1 aromatic heterocycles. The predicted molar refractivity (Wildman–Crippen MR) is 230 cm³/mol. The Labute approximate surface area is 320 Å². The molecule has 1 heteroatoms. The predicted octanol–water partition coefficient (Wildman–Crippen LogP) is 14.0. The van der Waals surface area contributed by atoms with Gasteiger partial charge in [0.15, 0.2) is 0 Å². The Bertz CT molecular complexity index is 3180. The SMILES string of the molecule is c1ccc(-c2cccc(-n3c4ccc(-c5ccc6c(c5)-c5ccccc5C6c5ccc6ccccc6c5)cc4c4c5c(ccc43)Cc3ccccc3-5)c2)cc1. The lowest BCUT2D eigenvalue weighted by Crippen LogP contribution is -1.99. The van der Waals surface area contributed by atoms with Crippen LogP contribution in [-0.2, 0) is 6.42 Å². The monoisotopic (exact) mass is 697 g/mol. The van der Waals surface area contributed by atoms with Gasteiger partial charge in [-0.05, 0) is 126 Å². The molecule has 0 N–H and O–H groups in total. The van der Waals surface area contributed by atoms with Gasteiger partial charge in [0.1, 0.15) is 0 Å². The second-order valence-electron chi connectivity index (χ2n) is 15.2. The minimum absolute atomic E-state index is 0.208. The second-order valence-corrected chi connectivity index (χ2v) is 15.2. The lowest BCUT2D eigenvalue weighted by Gasteiger charge is -2.16. The lowest BCUT2D eigenvalue weighted by molar-refractivity contribution is 1.02. The van der Waals surface area contributed by atoms with Gasteiger partial charge >= 0.3 is 0 Å². The molecule has 0 bridgehead atoms. The average Bonchev–Trinajstić information content (AvgIpc) is 3.91. The van der Waals surface area contributed by atoms with Crippen molar-refractivity contribution >= 4 is 32.6 Å². The fraction of sp³-hybridized carbons (Fsp3) is 0.0370. The molecule has 0 fully saturated rings. The number of hydrogen-bond acceptors (Lipinski definition) is 0. The van der Waals surface area contributed by atoms with E-state index in [1.807, 2.05) is 0 Å². The Balaban J connectivity index is 1.06. The fourth-order valence-electron chi connectivity index (χ4n) is 9.78. The summed E-state index contributed by atoms with van der Waals surface area (Å²) < 4.78 is 2.48. The normalized spacial score (nSPS) is 13.9. The van der Waals surface area contributed by atoms with Gasteiger partial charge in [-0.15, -0.1) is 0 Å². The summed E-state index contributed by atoms with van der Waals surface area (Å²) in [7, 11) is 0. The van der Waals surface area contributed by atoms with E-state index >= 15 is 0 Å². The van der Waals surface area contributed by atoms with E-state index in [0.29, 0.717) is 0 Å². The van der Waals surface area contributed by atoms with E-state index in [1.165, 1.54) is 111 Å². The topological polar surface area (TPSA) is 4.93 Å². The maximum atomic E-state index is 2.48. The molecular formula is C54H35N.